The number of hydrogen-bond donors (Lipinski definition) is 1. The predicted octanol–water partition coefficient (Wildman–Crippen LogP) is 3.75. The quantitative estimate of drug-likeness (QED) is 0.746. The van der Waals surface area contributed by atoms with E-state index in [-0.39, 0.29) is 17.8 Å². The van der Waals surface area contributed by atoms with Gasteiger partial charge in [0.15, 0.2) is 0 Å². The van der Waals surface area contributed by atoms with Crippen molar-refractivity contribution in [1.29, 1.82) is 0 Å². The van der Waals surface area contributed by atoms with Gasteiger partial charge in [-0.1, -0.05) is 12.1 Å². The van der Waals surface area contributed by atoms with Gasteiger partial charge in [-0.25, -0.2) is 4.39 Å². The van der Waals surface area contributed by atoms with E-state index in [4.69, 9.17) is 0 Å². The third kappa shape index (κ3) is 5.87. The van der Waals surface area contributed by atoms with Gasteiger partial charge in [0.2, 0.25) is 0 Å². The second kappa shape index (κ2) is 10.5. The molecule has 2 heterocycles. The second-order valence-electron chi connectivity index (χ2n) is 9.31. The van der Waals surface area contributed by atoms with E-state index >= 15 is 0 Å². The number of hydrogen-bond acceptors (Lipinski definition) is 4. The standard InChI is InChI=1S/C26H35FN4O/c1-20(2)30-15-17-31(18-16-30)25-9-5-22(6-10-25)26(32)28-24-11-13-29(14-12-24)19-21-3-7-23(27)8-4-21/h3-10,20,24H,11-19H2,1-2H3,(H,28,32). The molecule has 6 heteroatoms. The number of nitrogens with zero attached hydrogens (tertiary/aromatic N) is 3. The monoisotopic (exact) mass is 438 g/mol. The van der Waals surface area contributed by atoms with Crippen molar-refractivity contribution in [1.82, 2.24) is 15.1 Å². The Balaban J connectivity index is 1.23. The summed E-state index contributed by atoms with van der Waals surface area (Å²) in [5, 5.41) is 3.21. The van der Waals surface area contributed by atoms with E-state index in [2.05, 4.69) is 46.0 Å². The Morgan fingerprint density at radius 1 is 0.938 bits per heavy atom. The molecule has 0 bridgehead atoms. The first-order valence-electron chi connectivity index (χ1n) is 11.8. The molecule has 172 valence electrons. The largest absolute Gasteiger partial charge is 0.369 e. The number of nitrogens with one attached hydrogen (secondary N) is 1. The zero-order valence-electron chi connectivity index (χ0n) is 19.3. The van der Waals surface area contributed by atoms with E-state index in [1.165, 1.54) is 17.8 Å². The highest BCUT2D eigenvalue weighted by molar-refractivity contribution is 5.94. The number of piperidine rings is 1. The van der Waals surface area contributed by atoms with Crippen LogP contribution in [0.25, 0.3) is 0 Å². The Bertz CT molecular complexity index is 868. The molecule has 5 nitrogen and oxygen atoms in total. The van der Waals surface area contributed by atoms with Crippen LogP contribution in [0, 0.1) is 5.82 Å². The van der Waals surface area contributed by atoms with Crippen molar-refractivity contribution in [2.75, 3.05) is 44.2 Å². The molecular formula is C26H35FN4O. The van der Waals surface area contributed by atoms with Crippen molar-refractivity contribution < 1.29 is 9.18 Å². The third-order valence-electron chi connectivity index (χ3n) is 6.78. The van der Waals surface area contributed by atoms with Crippen LogP contribution in [0.2, 0.25) is 0 Å². The summed E-state index contributed by atoms with van der Waals surface area (Å²) in [4.78, 5) is 20.0. The molecule has 1 amide bonds. The molecule has 0 radical (unpaired) electrons. The van der Waals surface area contributed by atoms with E-state index in [1.54, 1.807) is 0 Å². The fourth-order valence-corrected chi connectivity index (χ4v) is 4.67. The van der Waals surface area contributed by atoms with Gasteiger partial charge in [0.05, 0.1) is 0 Å². The lowest BCUT2D eigenvalue weighted by molar-refractivity contribution is 0.0909. The summed E-state index contributed by atoms with van der Waals surface area (Å²) in [6, 6.07) is 15.6. The minimum absolute atomic E-state index is 0.0122. The summed E-state index contributed by atoms with van der Waals surface area (Å²) in [5.41, 5.74) is 3.04. The van der Waals surface area contributed by atoms with Gasteiger partial charge in [0.1, 0.15) is 5.82 Å². The van der Waals surface area contributed by atoms with E-state index in [1.807, 2.05) is 24.3 Å². The van der Waals surface area contributed by atoms with Crippen molar-refractivity contribution in [2.24, 2.45) is 0 Å². The highest BCUT2D eigenvalue weighted by atomic mass is 19.1. The number of benzene rings is 2. The van der Waals surface area contributed by atoms with Crippen LogP contribution in [-0.2, 0) is 6.54 Å². The molecule has 2 aromatic carbocycles. The van der Waals surface area contributed by atoms with Crippen LogP contribution in [-0.4, -0.2) is 67.1 Å². The average molecular weight is 439 g/mol. The minimum Gasteiger partial charge on any atom is -0.369 e. The van der Waals surface area contributed by atoms with Gasteiger partial charge in [-0.15, -0.1) is 0 Å². The number of rotatable bonds is 6. The first-order valence-corrected chi connectivity index (χ1v) is 11.8. The summed E-state index contributed by atoms with van der Waals surface area (Å²) in [6.45, 7) is 11.4. The van der Waals surface area contributed by atoms with Crippen molar-refractivity contribution in [2.45, 2.75) is 45.3 Å². The van der Waals surface area contributed by atoms with Crippen LogP contribution in [0.1, 0.15) is 42.6 Å². The lowest BCUT2D eigenvalue weighted by atomic mass is 10.0. The van der Waals surface area contributed by atoms with Gasteiger partial charge in [0, 0.05) is 69.1 Å². The lowest BCUT2D eigenvalue weighted by Crippen LogP contribution is -2.48. The Labute approximate surface area is 191 Å². The molecule has 0 unspecified atom stereocenters. The summed E-state index contributed by atoms with van der Waals surface area (Å²) < 4.78 is 13.1. The number of likely N-dealkylation sites (tertiary alicyclic amines) is 1. The summed E-state index contributed by atoms with van der Waals surface area (Å²) in [5.74, 6) is -0.185. The molecule has 2 aliphatic rings. The van der Waals surface area contributed by atoms with Gasteiger partial charge in [-0.05, 0) is 68.7 Å². The summed E-state index contributed by atoms with van der Waals surface area (Å²) >= 11 is 0. The topological polar surface area (TPSA) is 38.8 Å². The number of carbonyl (C=O) groups is 1. The minimum atomic E-state index is -0.197. The van der Waals surface area contributed by atoms with E-state index < -0.39 is 0 Å². The molecule has 0 aromatic heterocycles. The zero-order chi connectivity index (χ0) is 22.5. The number of piperazine rings is 1. The predicted molar refractivity (Wildman–Crippen MR) is 128 cm³/mol. The molecule has 0 spiro atoms. The summed E-state index contributed by atoms with van der Waals surface area (Å²) in [7, 11) is 0. The van der Waals surface area contributed by atoms with E-state index in [9.17, 15) is 9.18 Å². The normalized spacial score (nSPS) is 18.8. The number of amides is 1. The highest BCUT2D eigenvalue weighted by Gasteiger charge is 2.22. The average Bonchev–Trinajstić information content (AvgIpc) is 2.82. The Morgan fingerprint density at radius 3 is 2.16 bits per heavy atom. The summed E-state index contributed by atoms with van der Waals surface area (Å²) in [6.07, 6.45) is 1.87. The van der Waals surface area contributed by atoms with Crippen LogP contribution in [0.3, 0.4) is 0 Å². The lowest BCUT2D eigenvalue weighted by Gasteiger charge is -2.38. The SMILES string of the molecule is CC(C)N1CCN(c2ccc(C(=O)NC3CCN(Cc4ccc(F)cc4)CC3)cc2)CC1. The van der Waals surface area contributed by atoms with Gasteiger partial charge >= 0.3 is 0 Å². The van der Waals surface area contributed by atoms with Crippen LogP contribution in [0.4, 0.5) is 10.1 Å². The molecule has 0 saturated carbocycles. The Morgan fingerprint density at radius 2 is 1.56 bits per heavy atom. The maximum atomic E-state index is 13.1. The van der Waals surface area contributed by atoms with Gasteiger partial charge in [0.25, 0.3) is 5.91 Å². The van der Waals surface area contributed by atoms with Crippen LogP contribution >= 0.6 is 0 Å². The van der Waals surface area contributed by atoms with E-state index in [0.717, 1.165) is 69.8 Å². The zero-order valence-corrected chi connectivity index (χ0v) is 19.3. The molecule has 4 rings (SSSR count). The first-order chi connectivity index (χ1) is 15.5. The molecule has 2 fully saturated rings. The van der Waals surface area contributed by atoms with Crippen LogP contribution < -0.4 is 10.2 Å². The molecule has 0 aliphatic carbocycles. The molecule has 2 saturated heterocycles. The molecule has 2 aromatic rings. The highest BCUT2D eigenvalue weighted by Crippen LogP contribution is 2.19. The molecular weight excluding hydrogens is 403 g/mol. The van der Waals surface area contributed by atoms with Crippen molar-refractivity contribution in [3.63, 3.8) is 0 Å². The maximum Gasteiger partial charge on any atom is 0.251 e. The molecule has 1 N–H and O–H groups in total. The molecule has 2 aliphatic heterocycles. The first kappa shape index (κ1) is 22.7. The van der Waals surface area contributed by atoms with Crippen molar-refractivity contribution >= 4 is 11.6 Å². The molecule has 32 heavy (non-hydrogen) atoms. The smallest absolute Gasteiger partial charge is 0.251 e. The van der Waals surface area contributed by atoms with Crippen LogP contribution in [0.5, 0.6) is 0 Å². The molecule has 0 atom stereocenters. The van der Waals surface area contributed by atoms with E-state index in [0.29, 0.717) is 6.04 Å². The van der Waals surface area contributed by atoms with Crippen molar-refractivity contribution in [3.05, 3.63) is 65.5 Å². The second-order valence-corrected chi connectivity index (χ2v) is 9.31. The number of anilines is 1. The van der Waals surface area contributed by atoms with Gasteiger partial charge < -0.3 is 10.2 Å². The Kier molecular flexibility index (Phi) is 7.43. The third-order valence-corrected chi connectivity index (χ3v) is 6.78. The Hall–Kier alpha value is -2.44. The van der Waals surface area contributed by atoms with Crippen molar-refractivity contribution in [3.8, 4) is 0 Å². The van der Waals surface area contributed by atoms with Crippen LogP contribution in [0.15, 0.2) is 48.5 Å². The van der Waals surface area contributed by atoms with Gasteiger partial charge in [-0.3, -0.25) is 14.6 Å². The van der Waals surface area contributed by atoms with Gasteiger partial charge in [-0.2, -0.15) is 0 Å². The maximum absolute atomic E-state index is 13.1. The number of halogens is 1. The fraction of sp³-hybridized carbons (Fsp3) is 0.500. The number of carbonyl (C=O) groups excluding carboxylic acids is 1. The fourth-order valence-electron chi connectivity index (χ4n) is 4.67.